The number of hydrogen-bond acceptors (Lipinski definition) is 2. The van der Waals surface area contributed by atoms with Crippen LogP contribution in [0.5, 0.6) is 0 Å². The van der Waals surface area contributed by atoms with E-state index in [1.807, 2.05) is 18.2 Å². The van der Waals surface area contributed by atoms with Crippen molar-refractivity contribution < 1.29 is 4.74 Å². The van der Waals surface area contributed by atoms with Crippen molar-refractivity contribution in [3.63, 3.8) is 0 Å². The molecular weight excluding hydrogens is 126 g/mol. The minimum atomic E-state index is 0.584. The van der Waals surface area contributed by atoms with Gasteiger partial charge in [-0.2, -0.15) is 0 Å². The highest BCUT2D eigenvalue weighted by Crippen LogP contribution is 2.00. The predicted molar refractivity (Wildman–Crippen MR) is 40.6 cm³/mol. The van der Waals surface area contributed by atoms with Gasteiger partial charge < -0.3 is 10.5 Å². The van der Waals surface area contributed by atoms with Crippen LogP contribution in [0.15, 0.2) is 29.5 Å². The summed E-state index contributed by atoms with van der Waals surface area (Å²) in [6.45, 7) is 1.84. The van der Waals surface area contributed by atoms with E-state index in [1.54, 1.807) is 0 Å². The molecule has 0 fully saturated rings. The summed E-state index contributed by atoms with van der Waals surface area (Å²) in [6.07, 6.45) is 5.80. The summed E-state index contributed by atoms with van der Waals surface area (Å²) in [4.78, 5) is 0. The molecule has 10 heavy (non-hydrogen) atoms. The number of nitrogens with two attached hydrogens (primary N) is 1. The Labute approximate surface area is 60.7 Å². The lowest BCUT2D eigenvalue weighted by molar-refractivity contribution is 0.166. The van der Waals surface area contributed by atoms with Gasteiger partial charge in [-0.1, -0.05) is 6.08 Å². The molecule has 1 aliphatic rings. The normalized spacial score (nSPS) is 14.3. The molecule has 0 aromatic rings. The van der Waals surface area contributed by atoms with Gasteiger partial charge in [0.2, 0.25) is 0 Å². The highest BCUT2D eigenvalue weighted by atomic mass is 16.5. The van der Waals surface area contributed by atoms with Crippen molar-refractivity contribution in [3.8, 4) is 0 Å². The largest absolute Gasteiger partial charge is 0.375 e. The number of ether oxygens (including phenoxy) is 1. The number of allylic oxidation sites excluding steroid dienone is 1. The summed E-state index contributed by atoms with van der Waals surface area (Å²) in [5.74, 6) is 0. The summed E-state index contributed by atoms with van der Waals surface area (Å²) < 4.78 is 5.17. The third kappa shape index (κ3) is 2.19. The van der Waals surface area contributed by atoms with E-state index in [1.165, 1.54) is 0 Å². The van der Waals surface area contributed by atoms with Crippen LogP contribution in [0.3, 0.4) is 0 Å². The van der Waals surface area contributed by atoms with Crippen LogP contribution in [-0.2, 0) is 4.74 Å². The molecule has 0 radical (unpaired) electrons. The van der Waals surface area contributed by atoms with E-state index < -0.39 is 0 Å². The van der Waals surface area contributed by atoms with E-state index in [4.69, 9.17) is 10.5 Å². The fourth-order valence-corrected chi connectivity index (χ4v) is 0.723. The van der Waals surface area contributed by atoms with Crippen LogP contribution in [0.25, 0.3) is 0 Å². The van der Waals surface area contributed by atoms with Crippen molar-refractivity contribution in [1.29, 1.82) is 0 Å². The first-order chi connectivity index (χ1) is 4.93. The summed E-state index contributed by atoms with van der Waals surface area (Å²) >= 11 is 0. The van der Waals surface area contributed by atoms with Gasteiger partial charge in [0, 0.05) is 12.1 Å². The van der Waals surface area contributed by atoms with Crippen LogP contribution < -0.4 is 5.73 Å². The maximum atomic E-state index is 5.23. The molecule has 0 saturated heterocycles. The second kappa shape index (κ2) is 4.07. The average molecular weight is 137 g/mol. The Morgan fingerprint density at radius 3 is 3.10 bits per heavy atom. The minimum absolute atomic E-state index is 0.584. The van der Waals surface area contributed by atoms with Gasteiger partial charge in [0.05, 0.1) is 13.2 Å². The lowest BCUT2D eigenvalue weighted by atomic mass is 10.3. The first kappa shape index (κ1) is 7.29. The molecular formula is C8H11NO. The molecule has 54 valence electrons. The molecule has 0 aromatic carbocycles. The van der Waals surface area contributed by atoms with Crippen LogP contribution in [0.4, 0.5) is 0 Å². The zero-order valence-corrected chi connectivity index (χ0v) is 5.84. The SMILES string of the molecule is NCCOCC1=C=CC=C1. The highest BCUT2D eigenvalue weighted by Gasteiger charge is 1.92. The first-order valence-corrected chi connectivity index (χ1v) is 3.33. The Balaban J connectivity index is 2.15. The molecule has 2 N–H and O–H groups in total. The van der Waals surface area contributed by atoms with Crippen LogP contribution in [0.2, 0.25) is 0 Å². The topological polar surface area (TPSA) is 35.2 Å². The third-order valence-electron chi connectivity index (χ3n) is 1.18. The lowest BCUT2D eigenvalue weighted by Crippen LogP contribution is -2.09. The fraction of sp³-hybridized carbons (Fsp3) is 0.375. The van der Waals surface area contributed by atoms with Gasteiger partial charge >= 0.3 is 0 Å². The van der Waals surface area contributed by atoms with E-state index in [0.717, 1.165) is 5.57 Å². The highest BCUT2D eigenvalue weighted by molar-refractivity contribution is 5.29. The Bertz CT molecular complexity index is 187. The maximum Gasteiger partial charge on any atom is 0.0789 e. The summed E-state index contributed by atoms with van der Waals surface area (Å²) in [7, 11) is 0. The van der Waals surface area contributed by atoms with Crippen molar-refractivity contribution in [2.24, 2.45) is 5.73 Å². The lowest BCUT2D eigenvalue weighted by Gasteiger charge is -1.98. The Morgan fingerprint density at radius 2 is 2.50 bits per heavy atom. The maximum absolute atomic E-state index is 5.23. The van der Waals surface area contributed by atoms with E-state index in [0.29, 0.717) is 19.8 Å². The van der Waals surface area contributed by atoms with Crippen LogP contribution in [0, 0.1) is 0 Å². The molecule has 0 atom stereocenters. The standard InChI is InChI=1S/C8H11NO/c9-5-6-10-7-8-3-1-2-4-8/h1-3H,5-7,9H2. The predicted octanol–water partition coefficient (Wildman–Crippen LogP) is 0.613. The van der Waals surface area contributed by atoms with Crippen LogP contribution in [0.1, 0.15) is 0 Å². The van der Waals surface area contributed by atoms with E-state index in [9.17, 15) is 0 Å². The Kier molecular flexibility index (Phi) is 2.97. The second-order valence-corrected chi connectivity index (χ2v) is 2.04. The van der Waals surface area contributed by atoms with Gasteiger partial charge in [0.25, 0.3) is 0 Å². The molecule has 2 heteroatoms. The molecule has 2 nitrogen and oxygen atoms in total. The number of rotatable bonds is 4. The van der Waals surface area contributed by atoms with Crippen molar-refractivity contribution in [3.05, 3.63) is 29.5 Å². The van der Waals surface area contributed by atoms with Crippen molar-refractivity contribution >= 4 is 0 Å². The minimum Gasteiger partial charge on any atom is -0.375 e. The van der Waals surface area contributed by atoms with Crippen LogP contribution in [-0.4, -0.2) is 19.8 Å². The molecule has 0 amide bonds. The average Bonchev–Trinajstić information content (AvgIpc) is 2.41. The van der Waals surface area contributed by atoms with E-state index in [-0.39, 0.29) is 0 Å². The molecule has 0 saturated carbocycles. The first-order valence-electron chi connectivity index (χ1n) is 3.33. The van der Waals surface area contributed by atoms with Gasteiger partial charge in [-0.25, -0.2) is 0 Å². The summed E-state index contributed by atoms with van der Waals surface area (Å²) in [6, 6.07) is 0. The van der Waals surface area contributed by atoms with Crippen molar-refractivity contribution in [2.75, 3.05) is 19.8 Å². The molecule has 0 aliphatic heterocycles. The second-order valence-electron chi connectivity index (χ2n) is 2.04. The fourth-order valence-electron chi connectivity index (χ4n) is 0.723. The zero-order valence-electron chi connectivity index (χ0n) is 5.84. The Morgan fingerprint density at radius 1 is 1.60 bits per heavy atom. The van der Waals surface area contributed by atoms with Crippen molar-refractivity contribution in [2.45, 2.75) is 0 Å². The smallest absolute Gasteiger partial charge is 0.0789 e. The van der Waals surface area contributed by atoms with Gasteiger partial charge in [-0.15, -0.1) is 5.73 Å². The van der Waals surface area contributed by atoms with Gasteiger partial charge in [-0.3, -0.25) is 0 Å². The monoisotopic (exact) mass is 137 g/mol. The van der Waals surface area contributed by atoms with Crippen LogP contribution >= 0.6 is 0 Å². The molecule has 0 bridgehead atoms. The van der Waals surface area contributed by atoms with Gasteiger partial charge in [-0.05, 0) is 12.2 Å². The van der Waals surface area contributed by atoms with E-state index in [2.05, 4.69) is 5.73 Å². The quantitative estimate of drug-likeness (QED) is 0.455. The molecule has 1 rings (SSSR count). The summed E-state index contributed by atoms with van der Waals surface area (Å²) in [5, 5.41) is 0. The number of hydrogen-bond donors (Lipinski definition) is 1. The van der Waals surface area contributed by atoms with Gasteiger partial charge in [0.1, 0.15) is 0 Å². The third-order valence-corrected chi connectivity index (χ3v) is 1.18. The zero-order chi connectivity index (χ0) is 7.23. The van der Waals surface area contributed by atoms with Gasteiger partial charge in [0.15, 0.2) is 0 Å². The Hall–Kier alpha value is -0.820. The van der Waals surface area contributed by atoms with Crippen molar-refractivity contribution in [1.82, 2.24) is 0 Å². The molecule has 0 aromatic heterocycles. The molecule has 0 unspecified atom stereocenters. The molecule has 0 heterocycles. The molecule has 1 aliphatic carbocycles. The van der Waals surface area contributed by atoms with E-state index >= 15 is 0 Å². The molecule has 0 spiro atoms. The summed E-state index contributed by atoms with van der Waals surface area (Å²) in [5.41, 5.74) is 9.35.